The minimum Gasteiger partial charge on any atom is -0.489 e. The highest BCUT2D eigenvalue weighted by Crippen LogP contribution is 2.35. The largest absolute Gasteiger partial charge is 0.489 e. The molecule has 2 N–H and O–H groups in total. The van der Waals surface area contributed by atoms with Crippen LogP contribution in [0.1, 0.15) is 32.1 Å². The molecule has 6 heterocycles. The van der Waals surface area contributed by atoms with Crippen LogP contribution in [-0.2, 0) is 0 Å². The Kier molecular flexibility index (Phi) is 5.24. The summed E-state index contributed by atoms with van der Waals surface area (Å²) in [5.41, 5.74) is 6.45. The Bertz CT molecular complexity index is 1660. The Balaban J connectivity index is 1.26. The minimum absolute atomic E-state index is 0.280. The third-order valence-electron chi connectivity index (χ3n) is 6.87. The predicted molar refractivity (Wildman–Crippen MR) is 143 cm³/mol. The average molecular weight is 493 g/mol. The van der Waals surface area contributed by atoms with E-state index in [1.54, 1.807) is 17.5 Å². The number of thiophene rings is 1. The van der Waals surface area contributed by atoms with Crippen LogP contribution in [0.3, 0.4) is 0 Å². The highest BCUT2D eigenvalue weighted by molar-refractivity contribution is 7.13. The molecule has 6 aromatic rings. The summed E-state index contributed by atoms with van der Waals surface area (Å²) in [5.74, 6) is 0.804. The molecule has 0 radical (unpaired) electrons. The fraction of sp³-hybridized carbons (Fsp3) is 0.214. The van der Waals surface area contributed by atoms with Crippen LogP contribution in [0.4, 0.5) is 0 Å². The number of rotatable bonds is 5. The van der Waals surface area contributed by atoms with E-state index in [0.29, 0.717) is 0 Å². The first-order chi connectivity index (χ1) is 17.8. The molecule has 1 aliphatic rings. The van der Waals surface area contributed by atoms with Gasteiger partial charge in [0.15, 0.2) is 0 Å². The molecule has 0 atom stereocenters. The molecule has 7 nitrogen and oxygen atoms in total. The van der Waals surface area contributed by atoms with Gasteiger partial charge in [0, 0.05) is 34.2 Å². The number of hydrogen-bond acceptors (Lipinski definition) is 6. The molecule has 0 aromatic carbocycles. The number of hydrogen-bond donors (Lipinski definition) is 2. The first kappa shape index (κ1) is 21.3. The number of ether oxygens (including phenoxy) is 1. The Morgan fingerprint density at radius 3 is 2.69 bits per heavy atom. The van der Waals surface area contributed by atoms with Gasteiger partial charge in [-0.1, -0.05) is 12.5 Å². The third-order valence-corrected chi connectivity index (χ3v) is 7.75. The van der Waals surface area contributed by atoms with Gasteiger partial charge in [-0.05, 0) is 61.4 Å². The molecule has 0 bridgehead atoms. The average Bonchev–Trinajstić information content (AvgIpc) is 3.68. The SMILES string of the molecule is c1csc(-c2nccc3[nH]c(-c4n[nH]c5cnc(-c6cncc(OC7CCCCC7)c6)cc45)cc23)c1. The van der Waals surface area contributed by atoms with E-state index < -0.39 is 0 Å². The van der Waals surface area contributed by atoms with Crippen LogP contribution in [0.25, 0.3) is 55.0 Å². The number of nitrogens with one attached hydrogen (secondary N) is 2. The molecule has 0 aliphatic heterocycles. The zero-order valence-corrected chi connectivity index (χ0v) is 20.4. The van der Waals surface area contributed by atoms with Gasteiger partial charge < -0.3 is 9.72 Å². The summed E-state index contributed by atoms with van der Waals surface area (Å²) in [6, 6.07) is 12.4. The van der Waals surface area contributed by atoms with Crippen LogP contribution in [0.5, 0.6) is 5.75 Å². The smallest absolute Gasteiger partial charge is 0.138 e. The van der Waals surface area contributed by atoms with Gasteiger partial charge in [-0.3, -0.25) is 20.1 Å². The van der Waals surface area contributed by atoms with Crippen LogP contribution in [0.15, 0.2) is 66.6 Å². The topological polar surface area (TPSA) is 92.4 Å². The van der Waals surface area contributed by atoms with E-state index in [-0.39, 0.29) is 6.10 Å². The zero-order chi connectivity index (χ0) is 23.9. The first-order valence-corrected chi connectivity index (χ1v) is 13.2. The lowest BCUT2D eigenvalue weighted by Gasteiger charge is -2.22. The summed E-state index contributed by atoms with van der Waals surface area (Å²) in [4.78, 5) is 18.4. The second kappa shape index (κ2) is 8.87. The minimum atomic E-state index is 0.280. The number of H-pyrrole nitrogens is 2. The van der Waals surface area contributed by atoms with Crippen molar-refractivity contribution in [3.05, 3.63) is 66.6 Å². The fourth-order valence-electron chi connectivity index (χ4n) is 5.07. The molecule has 0 amide bonds. The maximum absolute atomic E-state index is 6.24. The van der Waals surface area contributed by atoms with Crippen LogP contribution < -0.4 is 4.74 Å². The van der Waals surface area contributed by atoms with Gasteiger partial charge in [-0.15, -0.1) is 11.3 Å². The molecule has 1 fully saturated rings. The van der Waals surface area contributed by atoms with Crippen molar-refractivity contribution in [3.63, 3.8) is 0 Å². The molecule has 36 heavy (non-hydrogen) atoms. The Morgan fingerprint density at radius 2 is 1.81 bits per heavy atom. The Morgan fingerprint density at radius 1 is 0.889 bits per heavy atom. The standard InChI is InChI=1S/C28H24N6OS/c1-2-5-18(6-3-1)35-19-11-17(14-29-15-19)23-12-21-25(16-31-23)33-34-27(21)24-13-20-22(32-24)8-9-30-28(20)26-7-4-10-36-26/h4,7-16,18,32H,1-3,5-6H2,(H,33,34). The Labute approximate surface area is 211 Å². The predicted octanol–water partition coefficient (Wildman–Crippen LogP) is 7.00. The molecule has 7 rings (SSSR count). The molecule has 0 saturated heterocycles. The van der Waals surface area contributed by atoms with Crippen LogP contribution in [0, 0.1) is 0 Å². The molecule has 1 saturated carbocycles. The van der Waals surface area contributed by atoms with Crippen LogP contribution in [0.2, 0.25) is 0 Å². The van der Waals surface area contributed by atoms with Gasteiger partial charge in [0.1, 0.15) is 11.4 Å². The summed E-state index contributed by atoms with van der Waals surface area (Å²) in [6.07, 6.45) is 13.6. The number of pyridine rings is 3. The normalized spacial score (nSPS) is 14.6. The lowest BCUT2D eigenvalue weighted by molar-refractivity contribution is 0.154. The molecule has 6 aromatic heterocycles. The third kappa shape index (κ3) is 3.83. The molecule has 8 heteroatoms. The maximum Gasteiger partial charge on any atom is 0.138 e. The number of nitrogens with zero attached hydrogens (tertiary/aromatic N) is 4. The van der Waals surface area contributed by atoms with Crippen molar-refractivity contribution in [2.24, 2.45) is 0 Å². The molecular weight excluding hydrogens is 468 g/mol. The van der Waals surface area contributed by atoms with Crippen LogP contribution in [-0.4, -0.2) is 36.2 Å². The van der Waals surface area contributed by atoms with Gasteiger partial charge in [-0.25, -0.2) is 0 Å². The molecule has 0 unspecified atom stereocenters. The molecule has 0 spiro atoms. The van der Waals surface area contributed by atoms with E-state index in [1.165, 1.54) is 19.3 Å². The van der Waals surface area contributed by atoms with Crippen molar-refractivity contribution < 1.29 is 4.74 Å². The summed E-state index contributed by atoms with van der Waals surface area (Å²) >= 11 is 1.69. The second-order valence-electron chi connectivity index (χ2n) is 9.26. The summed E-state index contributed by atoms with van der Waals surface area (Å²) in [7, 11) is 0. The van der Waals surface area contributed by atoms with E-state index in [9.17, 15) is 0 Å². The van der Waals surface area contributed by atoms with E-state index in [1.807, 2.05) is 36.8 Å². The zero-order valence-electron chi connectivity index (χ0n) is 19.6. The number of aromatic nitrogens is 6. The molecule has 1 aliphatic carbocycles. The van der Waals surface area contributed by atoms with E-state index >= 15 is 0 Å². The summed E-state index contributed by atoms with van der Waals surface area (Å²) < 4.78 is 6.24. The van der Waals surface area contributed by atoms with Crippen molar-refractivity contribution in [2.75, 3.05) is 0 Å². The first-order valence-electron chi connectivity index (χ1n) is 12.3. The van der Waals surface area contributed by atoms with Crippen molar-refractivity contribution in [1.82, 2.24) is 30.1 Å². The van der Waals surface area contributed by atoms with Gasteiger partial charge in [0.05, 0.1) is 46.0 Å². The van der Waals surface area contributed by atoms with E-state index in [4.69, 9.17) is 4.74 Å². The van der Waals surface area contributed by atoms with Crippen molar-refractivity contribution in [2.45, 2.75) is 38.2 Å². The summed E-state index contributed by atoms with van der Waals surface area (Å²) in [5, 5.41) is 11.9. The number of fused-ring (bicyclic) bond motifs is 2. The van der Waals surface area contributed by atoms with Crippen LogP contribution >= 0.6 is 11.3 Å². The van der Waals surface area contributed by atoms with E-state index in [2.05, 4.69) is 53.7 Å². The summed E-state index contributed by atoms with van der Waals surface area (Å²) in [6.45, 7) is 0. The van der Waals surface area contributed by atoms with Gasteiger partial charge >= 0.3 is 0 Å². The second-order valence-corrected chi connectivity index (χ2v) is 10.2. The van der Waals surface area contributed by atoms with Crippen molar-refractivity contribution >= 4 is 33.1 Å². The Hall–Kier alpha value is -4.04. The molecule has 178 valence electrons. The highest BCUT2D eigenvalue weighted by atomic mass is 32.1. The lowest BCUT2D eigenvalue weighted by Crippen LogP contribution is -2.19. The van der Waals surface area contributed by atoms with E-state index in [0.717, 1.165) is 73.6 Å². The van der Waals surface area contributed by atoms with Gasteiger partial charge in [0.2, 0.25) is 0 Å². The monoisotopic (exact) mass is 492 g/mol. The van der Waals surface area contributed by atoms with Gasteiger partial charge in [0.25, 0.3) is 0 Å². The van der Waals surface area contributed by atoms with Crippen molar-refractivity contribution in [1.29, 1.82) is 0 Å². The molecular formula is C28H24N6OS. The van der Waals surface area contributed by atoms with Gasteiger partial charge in [-0.2, -0.15) is 5.10 Å². The number of aromatic amines is 2. The lowest BCUT2D eigenvalue weighted by atomic mass is 9.98. The highest BCUT2D eigenvalue weighted by Gasteiger charge is 2.17. The quantitative estimate of drug-likeness (QED) is 0.270. The fourth-order valence-corrected chi connectivity index (χ4v) is 5.80. The van der Waals surface area contributed by atoms with Crippen molar-refractivity contribution in [3.8, 4) is 39.0 Å². The maximum atomic E-state index is 6.24.